The maximum absolute atomic E-state index is 12.0. The van der Waals surface area contributed by atoms with Crippen molar-refractivity contribution < 1.29 is 13.2 Å². The molecule has 0 aliphatic carbocycles. The van der Waals surface area contributed by atoms with Crippen LogP contribution in [0.2, 0.25) is 0 Å². The lowest BCUT2D eigenvalue weighted by atomic mass is 10.2. The van der Waals surface area contributed by atoms with Gasteiger partial charge in [-0.2, -0.15) is 4.99 Å². The van der Waals surface area contributed by atoms with Gasteiger partial charge in [-0.3, -0.25) is 9.52 Å². The Balaban J connectivity index is 2.32. The SMILES string of the molecule is Cn1ccsc1=NC(=O)c1cccc(NS(C)(=O)=O)c1. The minimum atomic E-state index is -3.37. The first-order chi connectivity index (χ1) is 9.35. The summed E-state index contributed by atoms with van der Waals surface area (Å²) in [6.45, 7) is 0. The molecule has 0 unspecified atom stereocenters. The topological polar surface area (TPSA) is 80.5 Å². The summed E-state index contributed by atoms with van der Waals surface area (Å²) in [5, 5.41) is 1.83. The zero-order valence-corrected chi connectivity index (χ0v) is 12.5. The molecule has 1 aromatic heterocycles. The lowest BCUT2D eigenvalue weighted by Crippen LogP contribution is -2.13. The van der Waals surface area contributed by atoms with Gasteiger partial charge in [0, 0.05) is 29.9 Å². The summed E-state index contributed by atoms with van der Waals surface area (Å²) >= 11 is 1.35. The van der Waals surface area contributed by atoms with E-state index >= 15 is 0 Å². The molecule has 20 heavy (non-hydrogen) atoms. The number of nitrogens with zero attached hydrogens (tertiary/aromatic N) is 2. The van der Waals surface area contributed by atoms with Crippen LogP contribution in [0.25, 0.3) is 0 Å². The normalized spacial score (nSPS) is 12.4. The van der Waals surface area contributed by atoms with E-state index in [9.17, 15) is 13.2 Å². The molecule has 0 saturated carbocycles. The van der Waals surface area contributed by atoms with Gasteiger partial charge in [0.15, 0.2) is 4.80 Å². The quantitative estimate of drug-likeness (QED) is 0.925. The summed E-state index contributed by atoms with van der Waals surface area (Å²) in [7, 11) is -1.57. The van der Waals surface area contributed by atoms with Crippen molar-refractivity contribution in [1.29, 1.82) is 0 Å². The molecule has 8 heteroatoms. The Morgan fingerprint density at radius 2 is 2.15 bits per heavy atom. The molecule has 0 aliphatic heterocycles. The molecule has 0 aliphatic rings. The third-order valence-corrected chi connectivity index (χ3v) is 3.82. The zero-order chi connectivity index (χ0) is 14.8. The Bertz CT molecular complexity index is 803. The minimum Gasteiger partial charge on any atom is -0.327 e. The molecule has 2 aromatic rings. The lowest BCUT2D eigenvalue weighted by Gasteiger charge is -2.04. The smallest absolute Gasteiger partial charge is 0.279 e. The summed E-state index contributed by atoms with van der Waals surface area (Å²) < 4.78 is 26.4. The fourth-order valence-electron chi connectivity index (χ4n) is 1.52. The highest BCUT2D eigenvalue weighted by Crippen LogP contribution is 2.12. The number of hydrogen-bond acceptors (Lipinski definition) is 4. The Morgan fingerprint density at radius 1 is 1.40 bits per heavy atom. The number of aryl methyl sites for hydroxylation is 1. The van der Waals surface area contributed by atoms with Gasteiger partial charge in [0.2, 0.25) is 10.0 Å². The van der Waals surface area contributed by atoms with Crippen LogP contribution >= 0.6 is 11.3 Å². The summed E-state index contributed by atoms with van der Waals surface area (Å²) in [4.78, 5) is 16.6. The number of benzene rings is 1. The number of rotatable bonds is 3. The van der Waals surface area contributed by atoms with Crippen molar-refractivity contribution in [2.75, 3.05) is 11.0 Å². The van der Waals surface area contributed by atoms with E-state index in [1.807, 2.05) is 5.38 Å². The van der Waals surface area contributed by atoms with E-state index < -0.39 is 15.9 Å². The predicted octanol–water partition coefficient (Wildman–Crippen LogP) is 1.20. The number of amides is 1. The van der Waals surface area contributed by atoms with Crippen LogP contribution in [0.15, 0.2) is 40.8 Å². The maximum atomic E-state index is 12.0. The van der Waals surface area contributed by atoms with E-state index in [2.05, 4.69) is 9.71 Å². The van der Waals surface area contributed by atoms with Gasteiger partial charge in [0.05, 0.1) is 6.26 Å². The number of hydrogen-bond donors (Lipinski definition) is 1. The van der Waals surface area contributed by atoms with Gasteiger partial charge in [-0.1, -0.05) is 6.07 Å². The second-order valence-electron chi connectivity index (χ2n) is 4.17. The Labute approximate surface area is 120 Å². The highest BCUT2D eigenvalue weighted by molar-refractivity contribution is 7.92. The van der Waals surface area contributed by atoms with E-state index in [-0.39, 0.29) is 0 Å². The molecule has 0 spiro atoms. The number of nitrogens with one attached hydrogen (secondary N) is 1. The van der Waals surface area contributed by atoms with Gasteiger partial charge in [-0.05, 0) is 18.2 Å². The van der Waals surface area contributed by atoms with Gasteiger partial charge < -0.3 is 4.57 Å². The van der Waals surface area contributed by atoms with Gasteiger partial charge in [0.25, 0.3) is 5.91 Å². The third kappa shape index (κ3) is 3.78. The van der Waals surface area contributed by atoms with E-state index in [0.29, 0.717) is 16.1 Å². The van der Waals surface area contributed by atoms with Gasteiger partial charge >= 0.3 is 0 Å². The number of aromatic nitrogens is 1. The van der Waals surface area contributed by atoms with Crippen LogP contribution in [0.3, 0.4) is 0 Å². The largest absolute Gasteiger partial charge is 0.327 e. The fraction of sp³-hybridized carbons (Fsp3) is 0.167. The molecule has 106 valence electrons. The van der Waals surface area contributed by atoms with Crippen LogP contribution in [0, 0.1) is 0 Å². The van der Waals surface area contributed by atoms with Crippen molar-refractivity contribution in [2.24, 2.45) is 12.0 Å². The highest BCUT2D eigenvalue weighted by Gasteiger charge is 2.07. The summed E-state index contributed by atoms with van der Waals surface area (Å²) in [6.07, 6.45) is 2.86. The van der Waals surface area contributed by atoms with Crippen molar-refractivity contribution in [1.82, 2.24) is 4.57 Å². The molecule has 1 heterocycles. The molecule has 0 saturated heterocycles. The molecule has 1 N–H and O–H groups in total. The minimum absolute atomic E-state index is 0.326. The van der Waals surface area contributed by atoms with E-state index in [1.165, 1.54) is 17.4 Å². The number of carbonyl (C=O) groups is 1. The van der Waals surface area contributed by atoms with Crippen molar-refractivity contribution in [2.45, 2.75) is 0 Å². The molecule has 0 radical (unpaired) electrons. The third-order valence-electron chi connectivity index (χ3n) is 2.37. The monoisotopic (exact) mass is 311 g/mol. The molecular formula is C12H13N3O3S2. The fourth-order valence-corrected chi connectivity index (χ4v) is 2.80. The van der Waals surface area contributed by atoms with Crippen LogP contribution in [0.5, 0.6) is 0 Å². The first-order valence-electron chi connectivity index (χ1n) is 5.62. The number of sulfonamides is 1. The zero-order valence-electron chi connectivity index (χ0n) is 10.9. The van der Waals surface area contributed by atoms with Gasteiger partial charge in [0.1, 0.15) is 0 Å². The Morgan fingerprint density at radius 3 is 2.75 bits per heavy atom. The second-order valence-corrected chi connectivity index (χ2v) is 6.79. The van der Waals surface area contributed by atoms with Crippen LogP contribution in [-0.4, -0.2) is 25.1 Å². The molecular weight excluding hydrogens is 298 g/mol. The Hall–Kier alpha value is -1.93. The molecule has 0 atom stereocenters. The number of carbonyl (C=O) groups excluding carboxylic acids is 1. The summed E-state index contributed by atoms with van der Waals surface area (Å²) in [5.41, 5.74) is 0.663. The van der Waals surface area contributed by atoms with Crippen LogP contribution in [-0.2, 0) is 17.1 Å². The molecule has 0 fully saturated rings. The Kier molecular flexibility index (Phi) is 4.05. The second kappa shape index (κ2) is 5.59. The lowest BCUT2D eigenvalue weighted by molar-refractivity contribution is 0.0998. The van der Waals surface area contributed by atoms with Crippen LogP contribution in [0.4, 0.5) is 5.69 Å². The molecule has 0 bridgehead atoms. The van der Waals surface area contributed by atoms with Gasteiger partial charge in [-0.15, -0.1) is 11.3 Å². The average Bonchev–Trinajstić information content (AvgIpc) is 2.73. The predicted molar refractivity (Wildman–Crippen MR) is 78.1 cm³/mol. The standard InChI is InChI=1S/C12H13N3O3S2/c1-15-6-7-19-12(15)13-11(16)9-4-3-5-10(8-9)14-20(2,17)18/h3-8,14H,1-2H3. The first kappa shape index (κ1) is 14.5. The van der Waals surface area contributed by atoms with Crippen molar-refractivity contribution in [3.63, 3.8) is 0 Å². The summed E-state index contributed by atoms with van der Waals surface area (Å²) in [6, 6.07) is 6.22. The first-order valence-corrected chi connectivity index (χ1v) is 8.39. The van der Waals surface area contributed by atoms with Crippen LogP contribution < -0.4 is 9.52 Å². The maximum Gasteiger partial charge on any atom is 0.279 e. The van der Waals surface area contributed by atoms with Crippen molar-refractivity contribution >= 4 is 33.0 Å². The van der Waals surface area contributed by atoms with E-state index in [4.69, 9.17) is 0 Å². The molecule has 6 nitrogen and oxygen atoms in total. The van der Waals surface area contributed by atoms with E-state index in [0.717, 1.165) is 6.26 Å². The summed E-state index contributed by atoms with van der Waals surface area (Å²) in [5.74, 6) is -0.416. The molecule has 1 amide bonds. The van der Waals surface area contributed by atoms with Gasteiger partial charge in [-0.25, -0.2) is 8.42 Å². The number of anilines is 1. The van der Waals surface area contributed by atoms with Crippen molar-refractivity contribution in [3.8, 4) is 0 Å². The highest BCUT2D eigenvalue weighted by atomic mass is 32.2. The molecule has 2 rings (SSSR count). The average molecular weight is 311 g/mol. The van der Waals surface area contributed by atoms with Crippen LogP contribution in [0.1, 0.15) is 10.4 Å². The molecule has 1 aromatic carbocycles. The number of thiazole rings is 1. The van der Waals surface area contributed by atoms with Crippen molar-refractivity contribution in [3.05, 3.63) is 46.2 Å². The van der Waals surface area contributed by atoms with E-state index in [1.54, 1.807) is 36.0 Å².